The van der Waals surface area contributed by atoms with Gasteiger partial charge in [-0.25, -0.2) is 0 Å². The highest BCUT2D eigenvalue weighted by atomic mass is 16.5. The van der Waals surface area contributed by atoms with E-state index in [0.717, 1.165) is 28.9 Å². The normalized spacial score (nSPS) is 21.5. The molecule has 1 aliphatic carbocycles. The summed E-state index contributed by atoms with van der Waals surface area (Å²) in [6, 6.07) is 29.2. The molecule has 39 heavy (non-hydrogen) atoms. The number of benzene rings is 3. The van der Waals surface area contributed by atoms with E-state index >= 15 is 0 Å². The van der Waals surface area contributed by atoms with Crippen molar-refractivity contribution in [3.63, 3.8) is 0 Å². The molecule has 0 saturated heterocycles. The van der Waals surface area contributed by atoms with Gasteiger partial charge in [0.25, 0.3) is 5.91 Å². The van der Waals surface area contributed by atoms with Gasteiger partial charge >= 0.3 is 0 Å². The van der Waals surface area contributed by atoms with Crippen molar-refractivity contribution >= 4 is 5.91 Å². The number of nitrogens with zero attached hydrogens (tertiary/aromatic N) is 3. The maximum atomic E-state index is 14.0. The van der Waals surface area contributed by atoms with Gasteiger partial charge in [0.1, 0.15) is 25.1 Å². The van der Waals surface area contributed by atoms with Crippen LogP contribution in [0, 0.1) is 11.8 Å². The van der Waals surface area contributed by atoms with Crippen molar-refractivity contribution in [1.29, 1.82) is 0 Å². The van der Waals surface area contributed by atoms with Crippen molar-refractivity contribution < 1.29 is 14.3 Å². The summed E-state index contributed by atoms with van der Waals surface area (Å²) in [5.74, 6) is 1.51. The molecule has 1 amide bonds. The average Bonchev–Trinajstić information content (AvgIpc) is 3.72. The Bertz CT molecular complexity index is 1570. The molecule has 1 saturated carbocycles. The van der Waals surface area contributed by atoms with Crippen LogP contribution in [0.5, 0.6) is 11.5 Å². The van der Waals surface area contributed by atoms with Crippen LogP contribution < -0.4 is 19.9 Å². The molecule has 0 N–H and O–H groups in total. The maximum Gasteiger partial charge on any atom is 0.277 e. The van der Waals surface area contributed by atoms with Crippen molar-refractivity contribution in [1.82, 2.24) is 9.58 Å². The Morgan fingerprint density at radius 2 is 1.59 bits per heavy atom. The van der Waals surface area contributed by atoms with Crippen LogP contribution in [-0.4, -0.2) is 35.3 Å². The highest BCUT2D eigenvalue weighted by molar-refractivity contribution is 5.96. The number of rotatable bonds is 4. The number of carbonyl (C=O) groups is 1. The summed E-state index contributed by atoms with van der Waals surface area (Å²) < 4.78 is 14.3. The topological polar surface area (TPSA) is 64.0 Å². The van der Waals surface area contributed by atoms with E-state index in [2.05, 4.69) is 23.2 Å². The van der Waals surface area contributed by atoms with E-state index in [0.29, 0.717) is 31.7 Å². The van der Waals surface area contributed by atoms with Gasteiger partial charge in [0.15, 0.2) is 11.4 Å². The summed E-state index contributed by atoms with van der Waals surface area (Å²) >= 11 is 0. The Morgan fingerprint density at radius 1 is 0.846 bits per heavy atom. The van der Waals surface area contributed by atoms with Gasteiger partial charge in [-0.1, -0.05) is 78.9 Å². The molecule has 3 aliphatic rings. The lowest BCUT2D eigenvalue weighted by Crippen LogP contribution is -2.56. The van der Waals surface area contributed by atoms with Gasteiger partial charge < -0.3 is 14.4 Å². The van der Waals surface area contributed by atoms with Gasteiger partial charge in [-0.15, -0.1) is 0 Å². The van der Waals surface area contributed by atoms with Gasteiger partial charge in [0, 0.05) is 24.4 Å². The van der Waals surface area contributed by atoms with Gasteiger partial charge in [0.2, 0.25) is 5.43 Å². The molecule has 1 fully saturated rings. The average molecular weight is 520 g/mol. The summed E-state index contributed by atoms with van der Waals surface area (Å²) in [4.78, 5) is 29.1. The molecule has 196 valence electrons. The summed E-state index contributed by atoms with van der Waals surface area (Å²) in [5.41, 5.74) is 2.95. The van der Waals surface area contributed by atoms with E-state index in [-0.39, 0.29) is 35.4 Å². The van der Waals surface area contributed by atoms with Crippen LogP contribution in [0.3, 0.4) is 0 Å². The van der Waals surface area contributed by atoms with Crippen molar-refractivity contribution in [3.8, 4) is 11.5 Å². The standard InChI is InChI=1S/C32H29N3O4/c36-27-15-16-34-30(31(27)39-19-22-9-3-1-4-10-22)32(37)33-18-24-17-25(24)20-38-28-14-8-7-13-26(28)29(35(34)21-33)23-11-5-2-6-12-23/h1-16,24-25,29H,17-21H2/t24?,25-,29-/m1/s1. The minimum atomic E-state index is -0.305. The molecule has 7 nitrogen and oxygen atoms in total. The Hall–Kier alpha value is -4.52. The van der Waals surface area contributed by atoms with Gasteiger partial charge in [0.05, 0.1) is 6.61 Å². The minimum absolute atomic E-state index is 0.0830. The van der Waals surface area contributed by atoms with Crippen LogP contribution in [0.4, 0.5) is 0 Å². The Balaban J connectivity index is 1.41. The predicted octanol–water partition coefficient (Wildman–Crippen LogP) is 4.60. The Labute approximate surface area is 226 Å². The van der Waals surface area contributed by atoms with E-state index < -0.39 is 0 Å². The lowest BCUT2D eigenvalue weighted by molar-refractivity contribution is 0.0664. The third-order valence-electron chi connectivity index (χ3n) is 7.95. The number of aromatic nitrogens is 1. The molecule has 4 aromatic rings. The third kappa shape index (κ3) is 4.34. The van der Waals surface area contributed by atoms with Crippen LogP contribution in [0.15, 0.2) is 102 Å². The summed E-state index contributed by atoms with van der Waals surface area (Å²) in [6.07, 6.45) is 2.72. The first-order valence-corrected chi connectivity index (χ1v) is 13.4. The summed E-state index contributed by atoms with van der Waals surface area (Å²) in [6.45, 7) is 1.82. The largest absolute Gasteiger partial charge is 0.493 e. The van der Waals surface area contributed by atoms with Gasteiger partial charge in [-0.3, -0.25) is 19.3 Å². The molecule has 3 aromatic carbocycles. The fourth-order valence-electron chi connectivity index (χ4n) is 5.79. The second-order valence-corrected chi connectivity index (χ2v) is 10.5. The molecule has 1 unspecified atom stereocenters. The van der Waals surface area contributed by atoms with Crippen LogP contribution in [0.1, 0.15) is 39.6 Å². The quantitative estimate of drug-likeness (QED) is 0.395. The molecular formula is C32H29N3O4. The summed E-state index contributed by atoms with van der Waals surface area (Å²) in [7, 11) is 0. The van der Waals surface area contributed by atoms with E-state index in [1.54, 1.807) is 6.20 Å². The lowest BCUT2D eigenvalue weighted by Gasteiger charge is -2.44. The fourth-order valence-corrected chi connectivity index (χ4v) is 5.79. The molecule has 3 atom stereocenters. The van der Waals surface area contributed by atoms with E-state index in [9.17, 15) is 9.59 Å². The maximum absolute atomic E-state index is 14.0. The van der Waals surface area contributed by atoms with Crippen LogP contribution in [-0.2, 0) is 6.61 Å². The number of carbonyl (C=O) groups excluding carboxylic acids is 1. The first-order chi connectivity index (χ1) is 19.2. The smallest absolute Gasteiger partial charge is 0.277 e. The number of hydrogen-bond donors (Lipinski definition) is 0. The predicted molar refractivity (Wildman–Crippen MR) is 147 cm³/mol. The Kier molecular flexibility index (Phi) is 5.84. The summed E-state index contributed by atoms with van der Waals surface area (Å²) in [5, 5.41) is 2.14. The van der Waals surface area contributed by atoms with Gasteiger partial charge in [-0.05, 0) is 35.4 Å². The molecule has 0 radical (unpaired) electrons. The SMILES string of the molecule is O=C1c2c(OCc3ccccc3)c(=O)ccn2N2CN1CC1C[C@@H]1COc1ccccc1[C@H]2c1ccccc1. The number of fused-ring (bicyclic) bond motifs is 6. The molecule has 7 rings (SSSR count). The number of ether oxygens (including phenoxy) is 2. The number of hydrogen-bond acceptors (Lipinski definition) is 5. The lowest BCUT2D eigenvalue weighted by atomic mass is 9.97. The highest BCUT2D eigenvalue weighted by Gasteiger charge is 2.44. The van der Waals surface area contributed by atoms with Crippen molar-refractivity contribution in [2.45, 2.75) is 19.1 Å². The monoisotopic (exact) mass is 519 g/mol. The molecule has 3 heterocycles. The first-order valence-electron chi connectivity index (χ1n) is 13.4. The first kappa shape index (κ1) is 23.6. The van der Waals surface area contributed by atoms with Crippen molar-refractivity contribution in [2.24, 2.45) is 11.8 Å². The van der Waals surface area contributed by atoms with E-state index in [4.69, 9.17) is 9.47 Å². The fraction of sp³-hybridized carbons (Fsp3) is 0.250. The zero-order chi connectivity index (χ0) is 26.3. The van der Waals surface area contributed by atoms with Crippen LogP contribution in [0.25, 0.3) is 0 Å². The second-order valence-electron chi connectivity index (χ2n) is 10.5. The number of amides is 1. The minimum Gasteiger partial charge on any atom is -0.493 e. The number of para-hydroxylation sites is 1. The molecule has 2 aliphatic heterocycles. The molecule has 2 bridgehead atoms. The van der Waals surface area contributed by atoms with E-state index in [1.807, 2.05) is 76.3 Å². The third-order valence-corrected chi connectivity index (χ3v) is 7.95. The van der Waals surface area contributed by atoms with Crippen molar-refractivity contribution in [2.75, 3.05) is 24.8 Å². The molecule has 0 spiro atoms. The molecule has 1 aromatic heterocycles. The van der Waals surface area contributed by atoms with Crippen LogP contribution >= 0.6 is 0 Å². The highest BCUT2D eigenvalue weighted by Crippen LogP contribution is 2.43. The van der Waals surface area contributed by atoms with Gasteiger partial charge in [-0.2, -0.15) is 0 Å². The Morgan fingerprint density at radius 3 is 2.41 bits per heavy atom. The molecule has 7 heteroatoms. The zero-order valence-corrected chi connectivity index (χ0v) is 21.5. The molecular weight excluding hydrogens is 490 g/mol. The zero-order valence-electron chi connectivity index (χ0n) is 21.5. The second kappa shape index (κ2) is 9.66. The van der Waals surface area contributed by atoms with Crippen molar-refractivity contribution in [3.05, 3.63) is 130 Å². The number of pyridine rings is 1. The van der Waals surface area contributed by atoms with E-state index in [1.165, 1.54) is 6.07 Å². The van der Waals surface area contributed by atoms with Crippen LogP contribution in [0.2, 0.25) is 0 Å².